The van der Waals surface area contributed by atoms with Crippen molar-refractivity contribution in [3.05, 3.63) is 53.7 Å². The second-order valence-electron chi connectivity index (χ2n) is 6.81. The number of hydrogen-bond acceptors (Lipinski definition) is 5. The molecule has 0 saturated carbocycles. The summed E-state index contributed by atoms with van der Waals surface area (Å²) in [6, 6.07) is 11.4. The highest BCUT2D eigenvalue weighted by atomic mass is 16.6. The summed E-state index contributed by atoms with van der Waals surface area (Å²) < 4.78 is 5.04. The van der Waals surface area contributed by atoms with E-state index in [1.807, 2.05) is 38.1 Å². The quantitative estimate of drug-likeness (QED) is 0.824. The molecule has 0 radical (unpaired) electrons. The summed E-state index contributed by atoms with van der Waals surface area (Å²) in [5.74, 6) is 0.341. The molecular formula is C21H26N4O3. The zero-order valence-electron chi connectivity index (χ0n) is 16.3. The van der Waals surface area contributed by atoms with Gasteiger partial charge in [0, 0.05) is 24.7 Å². The van der Waals surface area contributed by atoms with Crippen molar-refractivity contribution >= 4 is 23.5 Å². The lowest BCUT2D eigenvalue weighted by Crippen LogP contribution is -2.42. The van der Waals surface area contributed by atoms with Crippen LogP contribution in [0.1, 0.15) is 35.7 Å². The number of anilines is 2. The van der Waals surface area contributed by atoms with Crippen molar-refractivity contribution in [1.82, 2.24) is 9.88 Å². The molecule has 3 rings (SSSR count). The Morgan fingerprint density at radius 1 is 1.18 bits per heavy atom. The van der Waals surface area contributed by atoms with E-state index in [0.717, 1.165) is 24.1 Å². The Morgan fingerprint density at radius 3 is 2.57 bits per heavy atom. The van der Waals surface area contributed by atoms with Gasteiger partial charge < -0.3 is 20.3 Å². The Balaban J connectivity index is 1.51. The number of ether oxygens (including phenoxy) is 1. The maximum absolute atomic E-state index is 12.4. The zero-order chi connectivity index (χ0) is 19.9. The number of benzene rings is 1. The lowest BCUT2D eigenvalue weighted by molar-refractivity contribution is 0.0981. The van der Waals surface area contributed by atoms with Crippen molar-refractivity contribution in [3.63, 3.8) is 0 Å². The summed E-state index contributed by atoms with van der Waals surface area (Å²) in [7, 11) is 0. The van der Waals surface area contributed by atoms with Gasteiger partial charge in [-0.15, -0.1) is 0 Å². The molecule has 1 aliphatic rings. The first-order valence-electron chi connectivity index (χ1n) is 9.58. The Hall–Kier alpha value is -3.09. The monoisotopic (exact) mass is 382 g/mol. The van der Waals surface area contributed by atoms with E-state index in [4.69, 9.17) is 4.74 Å². The first-order valence-corrected chi connectivity index (χ1v) is 9.58. The molecule has 0 atom stereocenters. The number of hydrogen-bond donors (Lipinski definition) is 2. The van der Waals surface area contributed by atoms with Crippen LogP contribution in [0.2, 0.25) is 0 Å². The van der Waals surface area contributed by atoms with Gasteiger partial charge in [-0.25, -0.2) is 9.78 Å². The van der Waals surface area contributed by atoms with Crippen LogP contribution in [0.5, 0.6) is 0 Å². The maximum Gasteiger partial charge on any atom is 0.409 e. The van der Waals surface area contributed by atoms with Crippen LogP contribution in [-0.2, 0) is 4.74 Å². The molecule has 7 heteroatoms. The van der Waals surface area contributed by atoms with Gasteiger partial charge in [0.1, 0.15) is 5.82 Å². The van der Waals surface area contributed by atoms with Crippen LogP contribution in [0.25, 0.3) is 0 Å². The molecule has 2 N–H and O–H groups in total. The topological polar surface area (TPSA) is 83.6 Å². The Labute approximate surface area is 165 Å². The van der Waals surface area contributed by atoms with E-state index >= 15 is 0 Å². The molecule has 1 aliphatic heterocycles. The van der Waals surface area contributed by atoms with Crippen molar-refractivity contribution in [2.24, 2.45) is 0 Å². The van der Waals surface area contributed by atoms with Crippen molar-refractivity contribution in [3.8, 4) is 0 Å². The normalized spacial score (nSPS) is 14.4. The third kappa shape index (κ3) is 5.00. The molecule has 7 nitrogen and oxygen atoms in total. The van der Waals surface area contributed by atoms with E-state index in [9.17, 15) is 9.59 Å². The fraction of sp³-hybridized carbons (Fsp3) is 0.381. The number of aromatic nitrogens is 1. The van der Waals surface area contributed by atoms with Crippen molar-refractivity contribution in [2.45, 2.75) is 32.7 Å². The molecule has 2 heterocycles. The first kappa shape index (κ1) is 19.7. The molecule has 1 fully saturated rings. The smallest absolute Gasteiger partial charge is 0.409 e. The lowest BCUT2D eigenvalue weighted by atomic mass is 10.1. The first-order chi connectivity index (χ1) is 13.6. The van der Waals surface area contributed by atoms with E-state index in [2.05, 4.69) is 15.6 Å². The predicted molar refractivity (Wildman–Crippen MR) is 109 cm³/mol. The Kier molecular flexibility index (Phi) is 6.47. The van der Waals surface area contributed by atoms with Gasteiger partial charge >= 0.3 is 6.09 Å². The minimum Gasteiger partial charge on any atom is -0.450 e. The second kappa shape index (κ2) is 9.21. The number of aryl methyl sites for hydroxylation is 1. The van der Waals surface area contributed by atoms with Crippen LogP contribution in [0.4, 0.5) is 16.3 Å². The second-order valence-corrected chi connectivity index (χ2v) is 6.81. The molecule has 0 unspecified atom stereocenters. The number of carbonyl (C=O) groups excluding carboxylic acids is 2. The molecule has 0 bridgehead atoms. The number of carbonyl (C=O) groups is 2. The maximum atomic E-state index is 12.4. The lowest BCUT2D eigenvalue weighted by Gasteiger charge is -2.32. The fourth-order valence-electron chi connectivity index (χ4n) is 3.22. The summed E-state index contributed by atoms with van der Waals surface area (Å²) in [4.78, 5) is 30.2. The Morgan fingerprint density at radius 2 is 1.93 bits per heavy atom. The van der Waals surface area contributed by atoms with Gasteiger partial charge in [0.15, 0.2) is 0 Å². The van der Waals surface area contributed by atoms with Crippen LogP contribution in [0, 0.1) is 6.92 Å². The van der Waals surface area contributed by atoms with Gasteiger partial charge in [-0.3, -0.25) is 4.79 Å². The van der Waals surface area contributed by atoms with E-state index in [1.165, 1.54) is 0 Å². The van der Waals surface area contributed by atoms with Gasteiger partial charge in [0.2, 0.25) is 0 Å². The number of amides is 2. The van der Waals surface area contributed by atoms with Gasteiger partial charge in [0.25, 0.3) is 5.91 Å². The molecule has 1 saturated heterocycles. The summed E-state index contributed by atoms with van der Waals surface area (Å²) in [5, 5.41) is 6.26. The largest absolute Gasteiger partial charge is 0.450 e. The molecule has 1 aromatic carbocycles. The molecule has 2 amide bonds. The van der Waals surface area contributed by atoms with Gasteiger partial charge in [-0.05, 0) is 50.5 Å². The van der Waals surface area contributed by atoms with Crippen LogP contribution in [0.15, 0.2) is 42.6 Å². The van der Waals surface area contributed by atoms with Crippen molar-refractivity contribution < 1.29 is 14.3 Å². The van der Waals surface area contributed by atoms with Crippen molar-refractivity contribution in [1.29, 1.82) is 0 Å². The summed E-state index contributed by atoms with van der Waals surface area (Å²) in [5.41, 5.74) is 2.45. The van der Waals surface area contributed by atoms with Crippen LogP contribution >= 0.6 is 0 Å². The molecular weight excluding hydrogens is 356 g/mol. The molecule has 0 spiro atoms. The van der Waals surface area contributed by atoms with E-state index in [0.29, 0.717) is 31.1 Å². The summed E-state index contributed by atoms with van der Waals surface area (Å²) in [6.45, 7) is 5.47. The molecule has 1 aromatic heterocycles. The highest BCUT2D eigenvalue weighted by Crippen LogP contribution is 2.18. The van der Waals surface area contributed by atoms with Crippen molar-refractivity contribution in [2.75, 3.05) is 30.3 Å². The summed E-state index contributed by atoms with van der Waals surface area (Å²) in [6.07, 6.45) is 3.18. The van der Waals surface area contributed by atoms with E-state index < -0.39 is 0 Å². The van der Waals surface area contributed by atoms with Crippen LogP contribution in [0.3, 0.4) is 0 Å². The van der Waals surface area contributed by atoms with Crippen LogP contribution < -0.4 is 10.6 Å². The number of rotatable bonds is 5. The minimum atomic E-state index is -0.239. The molecule has 28 heavy (non-hydrogen) atoms. The van der Waals surface area contributed by atoms with E-state index in [-0.39, 0.29) is 18.0 Å². The Bertz CT molecular complexity index is 815. The van der Waals surface area contributed by atoms with E-state index in [1.54, 1.807) is 23.2 Å². The zero-order valence-corrected chi connectivity index (χ0v) is 16.3. The third-order valence-electron chi connectivity index (χ3n) is 4.79. The average molecular weight is 382 g/mol. The van der Waals surface area contributed by atoms with Gasteiger partial charge in [0.05, 0.1) is 18.5 Å². The highest BCUT2D eigenvalue weighted by molar-refractivity contribution is 6.04. The number of piperidine rings is 1. The van der Waals surface area contributed by atoms with Crippen LogP contribution in [-0.4, -0.2) is 47.6 Å². The average Bonchev–Trinajstić information content (AvgIpc) is 2.70. The summed E-state index contributed by atoms with van der Waals surface area (Å²) >= 11 is 0. The highest BCUT2D eigenvalue weighted by Gasteiger charge is 2.23. The van der Waals surface area contributed by atoms with Gasteiger partial charge in [-0.1, -0.05) is 18.2 Å². The number of nitrogens with zero attached hydrogens (tertiary/aromatic N) is 2. The number of pyridine rings is 1. The number of nitrogens with one attached hydrogen (secondary N) is 2. The molecule has 0 aliphatic carbocycles. The SMILES string of the molecule is CCOC(=O)N1CCC(Nc2ccc(NC(=O)c3ccccc3C)nc2)CC1. The molecule has 148 valence electrons. The molecule has 2 aromatic rings. The third-order valence-corrected chi connectivity index (χ3v) is 4.79. The van der Waals surface area contributed by atoms with Gasteiger partial charge in [-0.2, -0.15) is 0 Å². The standard InChI is InChI=1S/C21H26N4O3/c1-3-28-21(27)25-12-10-16(11-13-25)23-17-8-9-19(22-14-17)24-20(26)18-7-5-4-6-15(18)2/h4-9,14,16,23H,3,10-13H2,1-2H3,(H,22,24,26). The minimum absolute atomic E-state index is 0.169. The number of likely N-dealkylation sites (tertiary alicyclic amines) is 1. The predicted octanol–water partition coefficient (Wildman–Crippen LogP) is 3.68. The fourth-order valence-corrected chi connectivity index (χ4v) is 3.22.